The number of pyridine rings is 2. The lowest BCUT2D eigenvalue weighted by atomic mass is 9.96. The molecule has 6 nitrogen and oxygen atoms in total. The van der Waals surface area contributed by atoms with Gasteiger partial charge in [-0.05, 0) is 35.9 Å². The maximum atomic E-state index is 13.8. The van der Waals surface area contributed by atoms with Crippen LogP contribution in [0.4, 0.5) is 10.1 Å². The van der Waals surface area contributed by atoms with Crippen molar-refractivity contribution in [3.8, 4) is 22.4 Å². The van der Waals surface area contributed by atoms with Gasteiger partial charge in [0.05, 0.1) is 17.8 Å². The first kappa shape index (κ1) is 20.9. The fraction of sp³-hybridized carbons (Fsp3) is 0.120. The van der Waals surface area contributed by atoms with Crippen LogP contribution in [0.1, 0.15) is 21.6 Å². The molecular weight excluding hydrogens is 441 g/mol. The molecule has 1 N–H and O–H groups in total. The van der Waals surface area contributed by atoms with Crippen molar-refractivity contribution < 1.29 is 9.18 Å². The standard InChI is InChI=1S/C25H17ClFN5O/c1-28-19-12-18(27)5-4-17(19)14-32-20-7-10-31-25(33)23(20)22(16-3-2-8-29-13-16)24(32)15-6-9-30-21(26)11-15/h2-6,8-9,11-13H,7,10,14H2,(H,31,33). The summed E-state index contributed by atoms with van der Waals surface area (Å²) >= 11 is 6.23. The van der Waals surface area contributed by atoms with E-state index < -0.39 is 5.82 Å². The second kappa shape index (κ2) is 8.49. The van der Waals surface area contributed by atoms with Gasteiger partial charge < -0.3 is 9.88 Å². The summed E-state index contributed by atoms with van der Waals surface area (Å²) in [5, 5.41) is 3.26. The van der Waals surface area contributed by atoms with Crippen LogP contribution in [0.25, 0.3) is 27.2 Å². The number of hydrogen-bond acceptors (Lipinski definition) is 3. The Morgan fingerprint density at radius 2 is 2.03 bits per heavy atom. The molecule has 0 bridgehead atoms. The molecule has 1 aromatic carbocycles. The number of halogens is 2. The normalized spacial score (nSPS) is 12.7. The minimum Gasteiger partial charge on any atom is -0.352 e. The third-order valence-corrected chi connectivity index (χ3v) is 5.90. The minimum absolute atomic E-state index is 0.167. The predicted octanol–water partition coefficient (Wildman–Crippen LogP) is 5.29. The molecule has 0 unspecified atom stereocenters. The highest BCUT2D eigenvalue weighted by atomic mass is 35.5. The smallest absolute Gasteiger partial charge is 0.253 e. The average molecular weight is 458 g/mol. The van der Waals surface area contributed by atoms with Gasteiger partial charge in [0.2, 0.25) is 0 Å². The number of aromatic nitrogens is 3. The van der Waals surface area contributed by atoms with Crippen LogP contribution in [-0.2, 0) is 13.0 Å². The second-order valence-electron chi connectivity index (χ2n) is 7.63. The van der Waals surface area contributed by atoms with Crippen LogP contribution in [0.5, 0.6) is 0 Å². The van der Waals surface area contributed by atoms with Crippen LogP contribution in [0.2, 0.25) is 5.15 Å². The molecule has 162 valence electrons. The van der Waals surface area contributed by atoms with E-state index >= 15 is 0 Å². The number of fused-ring (bicyclic) bond motifs is 1. The molecule has 5 rings (SSSR count). The molecule has 0 fully saturated rings. The lowest BCUT2D eigenvalue weighted by Gasteiger charge is -2.18. The summed E-state index contributed by atoms with van der Waals surface area (Å²) in [6.45, 7) is 8.30. The van der Waals surface area contributed by atoms with E-state index in [1.165, 1.54) is 12.1 Å². The van der Waals surface area contributed by atoms with Crippen molar-refractivity contribution in [1.82, 2.24) is 19.9 Å². The largest absolute Gasteiger partial charge is 0.352 e. The van der Waals surface area contributed by atoms with E-state index in [-0.39, 0.29) is 11.6 Å². The summed E-state index contributed by atoms with van der Waals surface area (Å²) in [5.74, 6) is -0.629. The van der Waals surface area contributed by atoms with Gasteiger partial charge in [0.15, 0.2) is 5.69 Å². The second-order valence-corrected chi connectivity index (χ2v) is 8.02. The Morgan fingerprint density at radius 1 is 1.15 bits per heavy atom. The third kappa shape index (κ3) is 3.75. The molecule has 0 radical (unpaired) electrons. The van der Waals surface area contributed by atoms with Gasteiger partial charge in [0, 0.05) is 60.5 Å². The zero-order chi connectivity index (χ0) is 22.9. The SMILES string of the molecule is [C-]#[N+]c1cc(F)ccc1Cn1c2c(c(-c3cccnc3)c1-c1ccnc(Cl)c1)C(=O)NCC2. The van der Waals surface area contributed by atoms with Crippen molar-refractivity contribution >= 4 is 23.2 Å². The first-order valence-electron chi connectivity index (χ1n) is 10.3. The molecule has 8 heteroatoms. The van der Waals surface area contributed by atoms with E-state index in [0.717, 1.165) is 28.1 Å². The molecule has 0 atom stereocenters. The highest BCUT2D eigenvalue weighted by Crippen LogP contribution is 2.41. The Hall–Kier alpha value is -4.02. The fourth-order valence-electron chi connectivity index (χ4n) is 4.32. The Bertz CT molecular complexity index is 1420. The molecule has 33 heavy (non-hydrogen) atoms. The molecule has 4 heterocycles. The number of carbonyl (C=O) groups excluding carboxylic acids is 1. The van der Waals surface area contributed by atoms with E-state index in [4.69, 9.17) is 18.2 Å². The van der Waals surface area contributed by atoms with Gasteiger partial charge in [-0.2, -0.15) is 0 Å². The molecule has 1 amide bonds. The van der Waals surface area contributed by atoms with Crippen LogP contribution in [0.15, 0.2) is 61.1 Å². The van der Waals surface area contributed by atoms with Gasteiger partial charge >= 0.3 is 0 Å². The Balaban J connectivity index is 1.84. The summed E-state index contributed by atoms with van der Waals surface area (Å²) in [4.78, 5) is 24.9. The quantitative estimate of drug-likeness (QED) is 0.334. The van der Waals surface area contributed by atoms with Crippen molar-refractivity contribution in [2.45, 2.75) is 13.0 Å². The van der Waals surface area contributed by atoms with Crippen molar-refractivity contribution in [3.63, 3.8) is 0 Å². The molecule has 4 aromatic rings. The fourth-order valence-corrected chi connectivity index (χ4v) is 4.49. The first-order valence-corrected chi connectivity index (χ1v) is 10.7. The highest BCUT2D eigenvalue weighted by Gasteiger charge is 2.31. The van der Waals surface area contributed by atoms with E-state index in [2.05, 4.69) is 20.1 Å². The molecule has 1 aliphatic heterocycles. The lowest BCUT2D eigenvalue weighted by Crippen LogP contribution is -2.32. The van der Waals surface area contributed by atoms with Gasteiger partial charge in [-0.1, -0.05) is 23.7 Å². The summed E-state index contributed by atoms with van der Waals surface area (Å²) < 4.78 is 15.8. The Morgan fingerprint density at radius 3 is 2.79 bits per heavy atom. The van der Waals surface area contributed by atoms with Crippen molar-refractivity contribution in [2.75, 3.05) is 6.54 Å². The number of nitrogens with zero attached hydrogens (tertiary/aromatic N) is 4. The molecule has 0 saturated heterocycles. The van der Waals surface area contributed by atoms with Gasteiger partial charge in [0.25, 0.3) is 5.91 Å². The van der Waals surface area contributed by atoms with Crippen LogP contribution in [0, 0.1) is 12.4 Å². The van der Waals surface area contributed by atoms with E-state index in [1.54, 1.807) is 30.7 Å². The highest BCUT2D eigenvalue weighted by molar-refractivity contribution is 6.29. The summed E-state index contributed by atoms with van der Waals surface area (Å²) in [7, 11) is 0. The van der Waals surface area contributed by atoms with Crippen molar-refractivity contribution in [3.05, 3.63) is 100 Å². The topological polar surface area (TPSA) is 64.2 Å². The van der Waals surface area contributed by atoms with Gasteiger partial charge in [-0.3, -0.25) is 9.78 Å². The van der Waals surface area contributed by atoms with Gasteiger partial charge in [0.1, 0.15) is 11.0 Å². The predicted molar refractivity (Wildman–Crippen MR) is 124 cm³/mol. The molecule has 0 aliphatic carbocycles. The number of carbonyl (C=O) groups is 1. The summed E-state index contributed by atoms with van der Waals surface area (Å²) in [6, 6.07) is 11.5. The third-order valence-electron chi connectivity index (χ3n) is 5.69. The molecule has 0 spiro atoms. The number of benzene rings is 1. The van der Waals surface area contributed by atoms with Crippen LogP contribution in [0.3, 0.4) is 0 Å². The molecule has 3 aromatic heterocycles. The number of hydrogen-bond donors (Lipinski definition) is 1. The van der Waals surface area contributed by atoms with E-state index in [9.17, 15) is 9.18 Å². The number of amides is 1. The summed E-state index contributed by atoms with van der Waals surface area (Å²) in [5.41, 5.74) is 5.40. The van der Waals surface area contributed by atoms with Crippen molar-refractivity contribution in [1.29, 1.82) is 0 Å². The molecule has 1 aliphatic rings. The minimum atomic E-state index is -0.462. The number of nitrogens with one attached hydrogen (secondary N) is 1. The van der Waals surface area contributed by atoms with Gasteiger partial charge in [-0.25, -0.2) is 14.2 Å². The zero-order valence-electron chi connectivity index (χ0n) is 17.3. The zero-order valence-corrected chi connectivity index (χ0v) is 18.1. The Kier molecular flexibility index (Phi) is 5.37. The average Bonchev–Trinajstić information content (AvgIpc) is 3.16. The maximum Gasteiger partial charge on any atom is 0.253 e. The van der Waals surface area contributed by atoms with Crippen LogP contribution < -0.4 is 5.32 Å². The number of rotatable bonds is 4. The maximum absolute atomic E-state index is 13.8. The first-order chi connectivity index (χ1) is 16.1. The molecular formula is C25H17ClFN5O. The molecule has 0 saturated carbocycles. The monoisotopic (exact) mass is 457 g/mol. The van der Waals surface area contributed by atoms with E-state index in [0.29, 0.717) is 35.8 Å². The van der Waals surface area contributed by atoms with Gasteiger partial charge in [-0.15, -0.1) is 0 Å². The van der Waals surface area contributed by atoms with Crippen LogP contribution >= 0.6 is 11.6 Å². The van der Waals surface area contributed by atoms with Crippen molar-refractivity contribution in [2.24, 2.45) is 0 Å². The Labute approximate surface area is 194 Å². The van der Waals surface area contributed by atoms with E-state index in [1.807, 2.05) is 22.8 Å². The van der Waals surface area contributed by atoms with Crippen LogP contribution in [-0.4, -0.2) is 27.0 Å². The lowest BCUT2D eigenvalue weighted by molar-refractivity contribution is 0.0946. The summed E-state index contributed by atoms with van der Waals surface area (Å²) in [6.07, 6.45) is 5.62.